The van der Waals surface area contributed by atoms with Crippen molar-refractivity contribution in [2.75, 3.05) is 18.1 Å². The Balaban J connectivity index is 1.77. The van der Waals surface area contributed by atoms with Crippen LogP contribution in [0.15, 0.2) is 27.1 Å². The summed E-state index contributed by atoms with van der Waals surface area (Å²) in [5.74, 6) is 2.88. The third-order valence-corrected chi connectivity index (χ3v) is 6.51. The maximum Gasteiger partial charge on any atom is 0.0783 e. The van der Waals surface area contributed by atoms with Crippen molar-refractivity contribution in [2.45, 2.75) is 30.9 Å². The van der Waals surface area contributed by atoms with E-state index >= 15 is 0 Å². The maximum atomic E-state index is 6.55. The Hall–Kier alpha value is 0.450. The second-order valence-electron chi connectivity index (χ2n) is 5.82. The summed E-state index contributed by atoms with van der Waals surface area (Å²) in [5.41, 5.74) is 7.87. The van der Waals surface area contributed by atoms with Gasteiger partial charge in [0.05, 0.1) is 5.60 Å². The molecule has 0 aromatic heterocycles. The van der Waals surface area contributed by atoms with Crippen LogP contribution in [0.25, 0.3) is 0 Å². The van der Waals surface area contributed by atoms with Gasteiger partial charge in [-0.3, -0.25) is 0 Å². The molecule has 0 bridgehead atoms. The lowest BCUT2D eigenvalue weighted by molar-refractivity contribution is -0.0834. The van der Waals surface area contributed by atoms with Gasteiger partial charge in [0.2, 0.25) is 0 Å². The Morgan fingerprint density at radius 2 is 2.05 bits per heavy atom. The lowest BCUT2D eigenvalue weighted by atomic mass is 9.79. The zero-order chi connectivity index (χ0) is 14.2. The van der Waals surface area contributed by atoms with Crippen molar-refractivity contribution in [1.29, 1.82) is 0 Å². The Kier molecular flexibility index (Phi) is 4.83. The monoisotopic (exact) mass is 419 g/mol. The van der Waals surface area contributed by atoms with Crippen molar-refractivity contribution in [3.8, 4) is 0 Å². The number of halogens is 2. The number of nitrogens with two attached hydrogens (primary N) is 1. The molecule has 2 heterocycles. The molecule has 0 saturated carbocycles. The zero-order valence-electron chi connectivity index (χ0n) is 11.3. The van der Waals surface area contributed by atoms with Crippen molar-refractivity contribution >= 4 is 43.6 Å². The van der Waals surface area contributed by atoms with Crippen LogP contribution in [0, 0.1) is 5.92 Å². The third kappa shape index (κ3) is 3.27. The molecule has 2 saturated heterocycles. The fourth-order valence-electron chi connectivity index (χ4n) is 3.28. The second kappa shape index (κ2) is 6.29. The van der Waals surface area contributed by atoms with E-state index in [0.29, 0.717) is 5.92 Å². The van der Waals surface area contributed by atoms with Crippen LogP contribution in [-0.4, -0.2) is 23.7 Å². The highest BCUT2D eigenvalue weighted by molar-refractivity contribution is 9.11. The van der Waals surface area contributed by atoms with Crippen molar-refractivity contribution in [3.63, 3.8) is 0 Å². The van der Waals surface area contributed by atoms with Crippen molar-refractivity contribution in [1.82, 2.24) is 0 Å². The molecule has 3 rings (SSSR count). The van der Waals surface area contributed by atoms with E-state index in [0.717, 1.165) is 34.1 Å². The van der Waals surface area contributed by atoms with Crippen LogP contribution >= 0.6 is 43.6 Å². The van der Waals surface area contributed by atoms with Crippen LogP contribution in [0.4, 0.5) is 0 Å². The van der Waals surface area contributed by atoms with Gasteiger partial charge in [0.1, 0.15) is 0 Å². The fraction of sp³-hybridized carbons (Fsp3) is 0.600. The molecular formula is C15H19Br2NOS. The Morgan fingerprint density at radius 1 is 1.30 bits per heavy atom. The quantitative estimate of drug-likeness (QED) is 0.764. The number of ether oxygens (including phenoxy) is 1. The largest absolute Gasteiger partial charge is 0.374 e. The van der Waals surface area contributed by atoms with Gasteiger partial charge < -0.3 is 10.5 Å². The molecule has 0 amide bonds. The van der Waals surface area contributed by atoms with E-state index < -0.39 is 0 Å². The zero-order valence-corrected chi connectivity index (χ0v) is 15.3. The van der Waals surface area contributed by atoms with Crippen LogP contribution < -0.4 is 5.73 Å². The van der Waals surface area contributed by atoms with Gasteiger partial charge in [-0.2, -0.15) is 11.8 Å². The van der Waals surface area contributed by atoms with E-state index in [1.165, 1.54) is 17.7 Å². The van der Waals surface area contributed by atoms with Gasteiger partial charge >= 0.3 is 0 Å². The number of hydrogen-bond donors (Lipinski definition) is 1. The van der Waals surface area contributed by atoms with Gasteiger partial charge in [-0.1, -0.05) is 31.9 Å². The standard InChI is InChI=1S/C15H19Br2NOS/c16-12-5-11(6-13(17)7-12)14(18)10-1-3-19-15(8-10)2-4-20-9-15/h5-7,10,14H,1-4,8-9,18H2. The fourth-order valence-corrected chi connectivity index (χ4v) is 5.98. The van der Waals surface area contributed by atoms with Gasteiger partial charge in [-0.05, 0) is 54.7 Å². The molecule has 110 valence electrons. The van der Waals surface area contributed by atoms with Crippen molar-refractivity contribution in [2.24, 2.45) is 11.7 Å². The van der Waals surface area contributed by atoms with Crippen LogP contribution in [0.5, 0.6) is 0 Å². The molecule has 0 aliphatic carbocycles. The van der Waals surface area contributed by atoms with Gasteiger partial charge in [0, 0.05) is 27.3 Å². The minimum Gasteiger partial charge on any atom is -0.374 e. The molecule has 5 heteroatoms. The molecule has 1 aromatic rings. The predicted molar refractivity (Wildman–Crippen MR) is 92.1 cm³/mol. The number of benzene rings is 1. The van der Waals surface area contributed by atoms with E-state index in [1.54, 1.807) is 0 Å². The molecule has 2 nitrogen and oxygen atoms in total. The lowest BCUT2D eigenvalue weighted by Crippen LogP contribution is -2.42. The summed E-state index contributed by atoms with van der Waals surface area (Å²) in [4.78, 5) is 0. The van der Waals surface area contributed by atoms with Gasteiger partial charge in [0.15, 0.2) is 0 Å². The first kappa shape index (κ1) is 15.3. The highest BCUT2D eigenvalue weighted by Gasteiger charge is 2.42. The normalized spacial score (nSPS) is 31.6. The van der Waals surface area contributed by atoms with Crippen LogP contribution in [-0.2, 0) is 4.74 Å². The molecule has 2 aliphatic heterocycles. The Morgan fingerprint density at radius 3 is 2.70 bits per heavy atom. The van der Waals surface area contributed by atoms with E-state index in [1.807, 2.05) is 11.8 Å². The van der Waals surface area contributed by atoms with Gasteiger partial charge in [0.25, 0.3) is 0 Å². The average Bonchev–Trinajstić information content (AvgIpc) is 2.85. The summed E-state index contributed by atoms with van der Waals surface area (Å²) in [6.07, 6.45) is 3.35. The summed E-state index contributed by atoms with van der Waals surface area (Å²) in [7, 11) is 0. The first-order valence-electron chi connectivity index (χ1n) is 7.01. The second-order valence-corrected chi connectivity index (χ2v) is 8.75. The maximum absolute atomic E-state index is 6.55. The van der Waals surface area contributed by atoms with E-state index in [4.69, 9.17) is 10.5 Å². The molecule has 1 spiro atoms. The minimum absolute atomic E-state index is 0.0928. The van der Waals surface area contributed by atoms with Crippen LogP contribution in [0.3, 0.4) is 0 Å². The number of thioether (sulfide) groups is 1. The molecule has 0 radical (unpaired) electrons. The first-order valence-corrected chi connectivity index (χ1v) is 9.75. The van der Waals surface area contributed by atoms with E-state index in [2.05, 4.69) is 50.1 Å². The number of hydrogen-bond acceptors (Lipinski definition) is 3. The Labute approximate surface area is 141 Å². The molecule has 2 aliphatic rings. The molecule has 20 heavy (non-hydrogen) atoms. The smallest absolute Gasteiger partial charge is 0.0783 e. The number of rotatable bonds is 2. The summed E-state index contributed by atoms with van der Waals surface area (Å²) in [6.45, 7) is 0.855. The molecule has 3 unspecified atom stereocenters. The molecular weight excluding hydrogens is 402 g/mol. The van der Waals surface area contributed by atoms with E-state index in [-0.39, 0.29) is 11.6 Å². The predicted octanol–water partition coefficient (Wildman–Crippen LogP) is 4.51. The Bertz CT molecular complexity index is 471. The molecule has 1 aromatic carbocycles. The topological polar surface area (TPSA) is 35.2 Å². The van der Waals surface area contributed by atoms with Crippen LogP contribution in [0.2, 0.25) is 0 Å². The van der Waals surface area contributed by atoms with Crippen molar-refractivity contribution in [3.05, 3.63) is 32.7 Å². The molecule has 3 atom stereocenters. The summed E-state index contributed by atoms with van der Waals surface area (Å²) < 4.78 is 8.25. The lowest BCUT2D eigenvalue weighted by Gasteiger charge is -2.40. The SMILES string of the molecule is NC(c1cc(Br)cc(Br)c1)C1CCOC2(CCSC2)C1. The summed E-state index contributed by atoms with van der Waals surface area (Å²) in [6, 6.07) is 6.42. The minimum atomic E-state index is 0.0928. The van der Waals surface area contributed by atoms with E-state index in [9.17, 15) is 0 Å². The highest BCUT2D eigenvalue weighted by atomic mass is 79.9. The molecule has 2 fully saturated rings. The molecule has 2 N–H and O–H groups in total. The highest BCUT2D eigenvalue weighted by Crippen LogP contribution is 2.43. The average molecular weight is 421 g/mol. The van der Waals surface area contributed by atoms with Gasteiger partial charge in [-0.15, -0.1) is 0 Å². The first-order chi connectivity index (χ1) is 9.58. The summed E-state index contributed by atoms with van der Waals surface area (Å²) >= 11 is 9.12. The van der Waals surface area contributed by atoms with Crippen molar-refractivity contribution < 1.29 is 4.74 Å². The third-order valence-electron chi connectivity index (χ3n) is 4.38. The van der Waals surface area contributed by atoms with Gasteiger partial charge in [-0.25, -0.2) is 0 Å². The van der Waals surface area contributed by atoms with Crippen LogP contribution in [0.1, 0.15) is 30.9 Å². The summed E-state index contributed by atoms with van der Waals surface area (Å²) in [5, 5.41) is 0.